The van der Waals surface area contributed by atoms with E-state index in [1.54, 1.807) is 17.6 Å². The highest BCUT2D eigenvalue weighted by Gasteiger charge is 2.09. The minimum atomic E-state index is 0.834. The molecule has 2 nitrogen and oxygen atoms in total. The van der Waals surface area contributed by atoms with Crippen LogP contribution in [-0.4, -0.2) is 10.7 Å². The van der Waals surface area contributed by atoms with Gasteiger partial charge in [0.1, 0.15) is 0 Å². The van der Waals surface area contributed by atoms with Gasteiger partial charge < -0.3 is 4.42 Å². The Morgan fingerprint density at radius 2 is 2.43 bits per heavy atom. The average Bonchev–Trinajstić information content (AvgIpc) is 2.74. The highest BCUT2D eigenvalue weighted by atomic mass is 32.1. The van der Waals surface area contributed by atoms with Crippen LogP contribution in [0.2, 0.25) is 0 Å². The zero-order valence-electron chi connectivity index (χ0n) is 7.86. The van der Waals surface area contributed by atoms with Gasteiger partial charge in [-0.15, -0.1) is 11.3 Å². The molecule has 0 aliphatic carbocycles. The van der Waals surface area contributed by atoms with E-state index in [0.29, 0.717) is 0 Å². The third-order valence-corrected chi connectivity index (χ3v) is 3.09. The molecular weight excluding hydrogens is 214 g/mol. The number of hydrogen-bond acceptors (Lipinski definition) is 4. The summed E-state index contributed by atoms with van der Waals surface area (Å²) in [6.45, 7) is 2.03. The second-order valence-corrected chi connectivity index (χ2v) is 4.36. The fraction of sp³-hybridized carbons (Fsp3) is 0.300. The molecule has 0 aromatic carbocycles. The maximum absolute atomic E-state index is 5.37. The maximum Gasteiger partial charge on any atom is 0.165 e. The Morgan fingerprint density at radius 3 is 3.07 bits per heavy atom. The predicted molar refractivity (Wildman–Crippen MR) is 62.1 cm³/mol. The van der Waals surface area contributed by atoms with E-state index in [9.17, 15) is 0 Å². The van der Waals surface area contributed by atoms with Crippen molar-refractivity contribution in [3.8, 4) is 10.8 Å². The van der Waals surface area contributed by atoms with Gasteiger partial charge in [0, 0.05) is 5.38 Å². The molecule has 0 saturated carbocycles. The van der Waals surface area contributed by atoms with Gasteiger partial charge in [-0.2, -0.15) is 12.6 Å². The first kappa shape index (κ1) is 9.80. The Balaban J connectivity index is 2.29. The maximum atomic E-state index is 5.37. The van der Waals surface area contributed by atoms with Gasteiger partial charge in [-0.05, 0) is 30.7 Å². The second kappa shape index (κ2) is 4.19. The summed E-state index contributed by atoms with van der Waals surface area (Å²) < 4.78 is 5.37. The third kappa shape index (κ3) is 1.86. The van der Waals surface area contributed by atoms with E-state index in [1.807, 2.05) is 13.0 Å². The van der Waals surface area contributed by atoms with E-state index >= 15 is 0 Å². The zero-order chi connectivity index (χ0) is 9.97. The predicted octanol–water partition coefficient (Wildman–Crippen LogP) is 3.18. The summed E-state index contributed by atoms with van der Waals surface area (Å²) in [7, 11) is 0. The molecule has 0 amide bonds. The molecular formula is C10H11NOS2. The molecule has 4 heteroatoms. The van der Waals surface area contributed by atoms with Crippen LogP contribution in [-0.2, 0) is 6.42 Å². The fourth-order valence-corrected chi connectivity index (χ4v) is 2.37. The van der Waals surface area contributed by atoms with Crippen molar-refractivity contribution in [2.24, 2.45) is 0 Å². The molecule has 74 valence electrons. The van der Waals surface area contributed by atoms with E-state index in [4.69, 9.17) is 4.42 Å². The fourth-order valence-electron chi connectivity index (χ4n) is 1.23. The molecule has 2 heterocycles. The summed E-state index contributed by atoms with van der Waals surface area (Å²) in [5.74, 6) is 1.72. The van der Waals surface area contributed by atoms with E-state index in [1.165, 1.54) is 0 Å². The summed E-state index contributed by atoms with van der Waals surface area (Å²) >= 11 is 5.80. The minimum Gasteiger partial charge on any atom is -0.462 e. The van der Waals surface area contributed by atoms with E-state index in [2.05, 4.69) is 23.0 Å². The highest BCUT2D eigenvalue weighted by molar-refractivity contribution is 7.80. The lowest BCUT2D eigenvalue weighted by atomic mass is 10.3. The van der Waals surface area contributed by atoms with Crippen molar-refractivity contribution >= 4 is 24.0 Å². The molecule has 0 bridgehead atoms. The first-order valence-electron chi connectivity index (χ1n) is 4.41. The van der Waals surface area contributed by atoms with Crippen LogP contribution < -0.4 is 0 Å². The summed E-state index contributed by atoms with van der Waals surface area (Å²) in [4.78, 5) is 4.48. The van der Waals surface area contributed by atoms with Gasteiger partial charge in [0.15, 0.2) is 10.8 Å². The Hall–Kier alpha value is -0.740. The summed E-state index contributed by atoms with van der Waals surface area (Å²) in [5, 5.41) is 3.03. The lowest BCUT2D eigenvalue weighted by Gasteiger charge is -1.91. The van der Waals surface area contributed by atoms with Crippen molar-refractivity contribution in [2.45, 2.75) is 13.3 Å². The number of thiol groups is 1. The number of thiazole rings is 1. The molecule has 0 spiro atoms. The van der Waals surface area contributed by atoms with Crippen molar-refractivity contribution in [2.75, 3.05) is 5.75 Å². The Bertz CT molecular complexity index is 419. The van der Waals surface area contributed by atoms with Crippen LogP contribution in [0.15, 0.2) is 22.1 Å². The first-order chi connectivity index (χ1) is 6.81. The van der Waals surface area contributed by atoms with Crippen molar-refractivity contribution < 1.29 is 4.42 Å². The molecule has 0 unspecified atom stereocenters. The Kier molecular flexibility index (Phi) is 2.93. The van der Waals surface area contributed by atoms with Crippen LogP contribution in [0.25, 0.3) is 10.8 Å². The standard InChI is InChI=1S/C10H11NOS2/c1-7-2-4-12-9(7)10-11-8(3-5-13)6-14-10/h2,4,6,13H,3,5H2,1H3. The SMILES string of the molecule is Cc1ccoc1-c1nc(CCS)cs1. The molecule has 14 heavy (non-hydrogen) atoms. The number of rotatable bonds is 3. The molecule has 2 aromatic heterocycles. The summed E-state index contributed by atoms with van der Waals surface area (Å²) in [5.41, 5.74) is 2.23. The van der Waals surface area contributed by atoms with Crippen molar-refractivity contribution in [1.82, 2.24) is 4.98 Å². The van der Waals surface area contributed by atoms with Gasteiger partial charge >= 0.3 is 0 Å². The topological polar surface area (TPSA) is 26.0 Å². The van der Waals surface area contributed by atoms with Crippen LogP contribution >= 0.6 is 24.0 Å². The average molecular weight is 225 g/mol. The van der Waals surface area contributed by atoms with E-state index < -0.39 is 0 Å². The van der Waals surface area contributed by atoms with Crippen molar-refractivity contribution in [3.05, 3.63) is 29.0 Å². The molecule has 0 N–H and O–H groups in total. The second-order valence-electron chi connectivity index (χ2n) is 3.05. The lowest BCUT2D eigenvalue weighted by Crippen LogP contribution is -1.85. The molecule has 2 aromatic rings. The van der Waals surface area contributed by atoms with Crippen molar-refractivity contribution in [1.29, 1.82) is 0 Å². The normalized spacial score (nSPS) is 10.7. The number of furan rings is 1. The molecule has 0 saturated heterocycles. The zero-order valence-corrected chi connectivity index (χ0v) is 9.57. The van der Waals surface area contributed by atoms with Crippen LogP contribution in [0.3, 0.4) is 0 Å². The minimum absolute atomic E-state index is 0.834. The molecule has 0 atom stereocenters. The molecule has 2 rings (SSSR count). The van der Waals surface area contributed by atoms with Crippen LogP contribution in [0, 0.1) is 6.92 Å². The first-order valence-corrected chi connectivity index (χ1v) is 5.92. The quantitative estimate of drug-likeness (QED) is 0.812. The molecule has 0 aliphatic rings. The summed E-state index contributed by atoms with van der Waals surface area (Å²) in [6.07, 6.45) is 2.61. The van der Waals surface area contributed by atoms with Gasteiger partial charge in [0.2, 0.25) is 0 Å². The van der Waals surface area contributed by atoms with Gasteiger partial charge in [-0.1, -0.05) is 0 Å². The molecule has 0 fully saturated rings. The molecule has 0 radical (unpaired) electrons. The van der Waals surface area contributed by atoms with E-state index in [-0.39, 0.29) is 0 Å². The smallest absolute Gasteiger partial charge is 0.165 e. The number of aromatic nitrogens is 1. The van der Waals surface area contributed by atoms with Gasteiger partial charge in [-0.3, -0.25) is 0 Å². The number of nitrogens with zero attached hydrogens (tertiary/aromatic N) is 1. The van der Waals surface area contributed by atoms with Gasteiger partial charge in [0.25, 0.3) is 0 Å². The van der Waals surface area contributed by atoms with Crippen LogP contribution in [0.1, 0.15) is 11.3 Å². The third-order valence-electron chi connectivity index (χ3n) is 1.98. The van der Waals surface area contributed by atoms with Crippen LogP contribution in [0.5, 0.6) is 0 Å². The van der Waals surface area contributed by atoms with Gasteiger partial charge in [-0.25, -0.2) is 4.98 Å². The largest absolute Gasteiger partial charge is 0.462 e. The lowest BCUT2D eigenvalue weighted by molar-refractivity contribution is 0.580. The number of hydrogen-bond donors (Lipinski definition) is 1. The summed E-state index contributed by atoms with van der Waals surface area (Å²) in [6, 6.07) is 1.95. The highest BCUT2D eigenvalue weighted by Crippen LogP contribution is 2.27. The Morgan fingerprint density at radius 1 is 1.57 bits per heavy atom. The van der Waals surface area contributed by atoms with Crippen LogP contribution in [0.4, 0.5) is 0 Å². The van der Waals surface area contributed by atoms with Gasteiger partial charge in [0.05, 0.1) is 12.0 Å². The van der Waals surface area contributed by atoms with E-state index in [0.717, 1.165) is 34.2 Å². The monoisotopic (exact) mass is 225 g/mol. The molecule has 0 aliphatic heterocycles. The number of aryl methyl sites for hydroxylation is 2. The Labute approximate surface area is 92.4 Å². The van der Waals surface area contributed by atoms with Crippen molar-refractivity contribution in [3.63, 3.8) is 0 Å².